The van der Waals surface area contributed by atoms with Gasteiger partial charge < -0.3 is 5.73 Å². The van der Waals surface area contributed by atoms with Crippen LogP contribution < -0.4 is 5.73 Å². The molecule has 1 aromatic heterocycles. The van der Waals surface area contributed by atoms with E-state index in [0.29, 0.717) is 24.2 Å². The molecule has 1 heterocycles. The standard InChI is InChI=1S/C13H12F3N3/c14-13(15,16)11-3-1-9(2-4-11)12-10(5-6-17)7-18-8-19-12/h1-4,7-8H,5-6,17H2. The van der Waals surface area contributed by atoms with Crippen LogP contribution in [0.2, 0.25) is 0 Å². The fraction of sp³-hybridized carbons (Fsp3) is 0.231. The third-order valence-electron chi connectivity index (χ3n) is 2.69. The minimum absolute atomic E-state index is 0.432. The maximum atomic E-state index is 12.5. The molecule has 0 atom stereocenters. The van der Waals surface area contributed by atoms with Crippen molar-refractivity contribution in [2.75, 3.05) is 6.54 Å². The number of nitrogens with two attached hydrogens (primary N) is 1. The van der Waals surface area contributed by atoms with Gasteiger partial charge in [0.25, 0.3) is 0 Å². The molecule has 2 N–H and O–H groups in total. The van der Waals surface area contributed by atoms with Gasteiger partial charge in [-0.3, -0.25) is 0 Å². The van der Waals surface area contributed by atoms with E-state index in [1.165, 1.54) is 18.5 Å². The van der Waals surface area contributed by atoms with E-state index in [0.717, 1.165) is 17.7 Å². The molecule has 0 aliphatic carbocycles. The first-order valence-corrected chi connectivity index (χ1v) is 5.69. The van der Waals surface area contributed by atoms with Crippen molar-refractivity contribution in [1.29, 1.82) is 0 Å². The van der Waals surface area contributed by atoms with Gasteiger partial charge in [0.1, 0.15) is 6.33 Å². The van der Waals surface area contributed by atoms with Crippen molar-refractivity contribution >= 4 is 0 Å². The number of hydrogen-bond acceptors (Lipinski definition) is 3. The quantitative estimate of drug-likeness (QED) is 0.930. The third-order valence-corrected chi connectivity index (χ3v) is 2.69. The van der Waals surface area contributed by atoms with Gasteiger partial charge in [0.2, 0.25) is 0 Å². The second-order valence-corrected chi connectivity index (χ2v) is 4.01. The maximum absolute atomic E-state index is 12.5. The van der Waals surface area contributed by atoms with Gasteiger partial charge in [0, 0.05) is 11.8 Å². The molecule has 0 fully saturated rings. The zero-order chi connectivity index (χ0) is 13.9. The number of halogens is 3. The molecular weight excluding hydrogens is 255 g/mol. The van der Waals surface area contributed by atoms with Gasteiger partial charge in [-0.1, -0.05) is 12.1 Å². The van der Waals surface area contributed by atoms with E-state index >= 15 is 0 Å². The topological polar surface area (TPSA) is 51.8 Å². The third kappa shape index (κ3) is 3.08. The van der Waals surface area contributed by atoms with Crippen molar-refractivity contribution < 1.29 is 13.2 Å². The minimum Gasteiger partial charge on any atom is -0.330 e. The predicted molar refractivity (Wildman–Crippen MR) is 65.2 cm³/mol. The molecule has 100 valence electrons. The molecule has 0 radical (unpaired) electrons. The van der Waals surface area contributed by atoms with Gasteiger partial charge in [-0.05, 0) is 30.7 Å². The number of aromatic nitrogens is 2. The molecule has 2 aromatic rings. The lowest BCUT2D eigenvalue weighted by atomic mass is 10.0. The van der Waals surface area contributed by atoms with Gasteiger partial charge >= 0.3 is 6.18 Å². The molecule has 0 aliphatic rings. The molecule has 0 bridgehead atoms. The average molecular weight is 267 g/mol. The Morgan fingerprint density at radius 2 is 1.79 bits per heavy atom. The fourth-order valence-corrected chi connectivity index (χ4v) is 1.77. The van der Waals surface area contributed by atoms with Crippen LogP contribution in [0.5, 0.6) is 0 Å². The molecule has 0 saturated heterocycles. The second kappa shape index (κ2) is 5.36. The highest BCUT2D eigenvalue weighted by Crippen LogP contribution is 2.31. The summed E-state index contributed by atoms with van der Waals surface area (Å²) in [6.07, 6.45) is -0.749. The van der Waals surface area contributed by atoms with Crippen molar-refractivity contribution in [3.63, 3.8) is 0 Å². The smallest absolute Gasteiger partial charge is 0.330 e. The first-order valence-electron chi connectivity index (χ1n) is 5.69. The Kier molecular flexibility index (Phi) is 3.80. The summed E-state index contributed by atoms with van der Waals surface area (Å²) in [4.78, 5) is 8.01. The molecule has 2 rings (SSSR count). The van der Waals surface area contributed by atoms with Gasteiger partial charge in [-0.25, -0.2) is 9.97 Å². The first kappa shape index (κ1) is 13.5. The van der Waals surface area contributed by atoms with Crippen LogP contribution in [0.4, 0.5) is 13.2 Å². The summed E-state index contributed by atoms with van der Waals surface area (Å²) >= 11 is 0. The van der Waals surface area contributed by atoms with E-state index in [9.17, 15) is 13.2 Å². The Morgan fingerprint density at radius 3 is 2.37 bits per heavy atom. The lowest BCUT2D eigenvalue weighted by Gasteiger charge is -2.09. The van der Waals surface area contributed by atoms with E-state index in [-0.39, 0.29) is 0 Å². The van der Waals surface area contributed by atoms with Crippen molar-refractivity contribution in [2.24, 2.45) is 5.73 Å². The Bertz CT molecular complexity index is 550. The largest absolute Gasteiger partial charge is 0.416 e. The van der Waals surface area contributed by atoms with E-state index in [2.05, 4.69) is 9.97 Å². The van der Waals surface area contributed by atoms with Crippen LogP contribution in [0, 0.1) is 0 Å². The minimum atomic E-state index is -4.33. The van der Waals surface area contributed by atoms with Gasteiger partial charge in [-0.2, -0.15) is 13.2 Å². The van der Waals surface area contributed by atoms with Crippen LogP contribution in [-0.2, 0) is 12.6 Å². The molecule has 3 nitrogen and oxygen atoms in total. The van der Waals surface area contributed by atoms with Crippen molar-refractivity contribution in [3.8, 4) is 11.3 Å². The molecule has 0 aliphatic heterocycles. The Morgan fingerprint density at radius 1 is 1.11 bits per heavy atom. The Balaban J connectivity index is 2.37. The monoisotopic (exact) mass is 267 g/mol. The van der Waals surface area contributed by atoms with Crippen LogP contribution in [-0.4, -0.2) is 16.5 Å². The Labute approximate surface area is 108 Å². The van der Waals surface area contributed by atoms with Crippen LogP contribution in [0.25, 0.3) is 11.3 Å². The van der Waals surface area contributed by atoms with E-state index in [1.807, 2.05) is 0 Å². The first-order chi connectivity index (χ1) is 9.02. The van der Waals surface area contributed by atoms with Crippen molar-refractivity contribution in [3.05, 3.63) is 47.9 Å². The number of hydrogen-bond donors (Lipinski definition) is 1. The highest BCUT2D eigenvalue weighted by atomic mass is 19.4. The SMILES string of the molecule is NCCc1cncnc1-c1ccc(C(F)(F)F)cc1. The van der Waals surface area contributed by atoms with Crippen LogP contribution in [0.1, 0.15) is 11.1 Å². The number of alkyl halides is 3. The Hall–Kier alpha value is -1.95. The summed E-state index contributed by atoms with van der Waals surface area (Å²) in [7, 11) is 0. The molecule has 0 unspecified atom stereocenters. The van der Waals surface area contributed by atoms with Crippen molar-refractivity contribution in [1.82, 2.24) is 9.97 Å². The normalized spacial score (nSPS) is 11.6. The number of benzene rings is 1. The lowest BCUT2D eigenvalue weighted by Crippen LogP contribution is -2.06. The molecule has 0 spiro atoms. The predicted octanol–water partition coefficient (Wildman–Crippen LogP) is 2.66. The van der Waals surface area contributed by atoms with Gasteiger partial charge in [-0.15, -0.1) is 0 Å². The highest BCUT2D eigenvalue weighted by Gasteiger charge is 2.30. The van der Waals surface area contributed by atoms with Gasteiger partial charge in [0.05, 0.1) is 11.3 Å². The van der Waals surface area contributed by atoms with Crippen LogP contribution >= 0.6 is 0 Å². The average Bonchev–Trinajstić information content (AvgIpc) is 2.39. The van der Waals surface area contributed by atoms with E-state index < -0.39 is 11.7 Å². The summed E-state index contributed by atoms with van der Waals surface area (Å²) in [5.74, 6) is 0. The maximum Gasteiger partial charge on any atom is 0.416 e. The molecule has 1 aromatic carbocycles. The van der Waals surface area contributed by atoms with Gasteiger partial charge in [0.15, 0.2) is 0 Å². The molecule has 6 heteroatoms. The zero-order valence-corrected chi connectivity index (χ0v) is 9.98. The number of nitrogens with zero attached hydrogens (tertiary/aromatic N) is 2. The summed E-state index contributed by atoms with van der Waals surface area (Å²) in [5.41, 5.74) is 6.88. The number of rotatable bonds is 3. The summed E-state index contributed by atoms with van der Waals surface area (Å²) in [6, 6.07) is 4.91. The summed E-state index contributed by atoms with van der Waals surface area (Å²) < 4.78 is 37.4. The van der Waals surface area contributed by atoms with Crippen LogP contribution in [0.15, 0.2) is 36.8 Å². The zero-order valence-electron chi connectivity index (χ0n) is 9.98. The summed E-state index contributed by atoms with van der Waals surface area (Å²) in [5, 5.41) is 0. The van der Waals surface area contributed by atoms with E-state index in [1.54, 1.807) is 6.20 Å². The highest BCUT2D eigenvalue weighted by molar-refractivity contribution is 5.62. The van der Waals surface area contributed by atoms with E-state index in [4.69, 9.17) is 5.73 Å². The molecule has 0 amide bonds. The molecule has 19 heavy (non-hydrogen) atoms. The lowest BCUT2D eigenvalue weighted by molar-refractivity contribution is -0.137. The van der Waals surface area contributed by atoms with Crippen molar-refractivity contribution in [2.45, 2.75) is 12.6 Å². The second-order valence-electron chi connectivity index (χ2n) is 4.01. The molecule has 0 saturated carbocycles. The van der Waals surface area contributed by atoms with Crippen LogP contribution in [0.3, 0.4) is 0 Å². The fourth-order valence-electron chi connectivity index (χ4n) is 1.77. The molecular formula is C13H12F3N3. The summed E-state index contributed by atoms with van der Waals surface area (Å²) in [6.45, 7) is 0.432.